The Morgan fingerprint density at radius 1 is 1.24 bits per heavy atom. The Morgan fingerprint density at radius 3 is 2.44 bits per heavy atom. The van der Waals surface area contributed by atoms with Crippen LogP contribution in [0, 0.1) is 6.92 Å². The summed E-state index contributed by atoms with van der Waals surface area (Å²) in [6.45, 7) is 1.61. The van der Waals surface area contributed by atoms with Crippen molar-refractivity contribution in [3.8, 4) is 0 Å². The van der Waals surface area contributed by atoms with Gasteiger partial charge in [-0.25, -0.2) is 17.2 Å². The topological polar surface area (TPSA) is 115 Å². The Balaban J connectivity index is 2.15. The van der Waals surface area contributed by atoms with Gasteiger partial charge in [0.2, 0.25) is 0 Å². The first kappa shape index (κ1) is 18.7. The van der Waals surface area contributed by atoms with Crippen LogP contribution in [0.5, 0.6) is 0 Å². The Bertz CT molecular complexity index is 870. The zero-order chi connectivity index (χ0) is 18.6. The molecule has 0 bridgehead atoms. The van der Waals surface area contributed by atoms with E-state index in [0.717, 1.165) is 9.54 Å². The van der Waals surface area contributed by atoms with E-state index in [9.17, 15) is 18.0 Å². The van der Waals surface area contributed by atoms with Gasteiger partial charge in [0.05, 0.1) is 17.0 Å². The number of hydrogen-bond acceptors (Lipinski definition) is 5. The number of methoxy groups -OCH3 is 1. The highest BCUT2D eigenvalue weighted by Crippen LogP contribution is 2.16. The number of amides is 1. The molecule has 134 valence electrons. The molecule has 2 aromatic rings. The maximum absolute atomic E-state index is 12.5. The number of ether oxygens (including phenoxy) is 1. The highest BCUT2D eigenvalue weighted by Gasteiger charge is 2.20. The third-order valence-electron chi connectivity index (χ3n) is 3.53. The predicted octanol–water partition coefficient (Wildman–Crippen LogP) is 0.863. The molecule has 0 saturated carbocycles. The molecule has 1 heterocycles. The molecule has 0 aliphatic carbocycles. The number of aromatic nitrogens is 1. The second-order valence-electron chi connectivity index (χ2n) is 5.32. The van der Waals surface area contributed by atoms with Gasteiger partial charge in [-0.05, 0) is 25.1 Å². The van der Waals surface area contributed by atoms with E-state index >= 15 is 0 Å². The lowest BCUT2D eigenvalue weighted by Crippen LogP contribution is -2.37. The molecule has 9 heteroatoms. The molecule has 0 radical (unpaired) electrons. The minimum atomic E-state index is -3.80. The molecule has 1 aromatic heterocycles. The molecule has 2 rings (SSSR count). The predicted molar refractivity (Wildman–Crippen MR) is 89.0 cm³/mol. The van der Waals surface area contributed by atoms with Crippen LogP contribution in [0.2, 0.25) is 0 Å². The third kappa shape index (κ3) is 4.25. The van der Waals surface area contributed by atoms with Crippen molar-refractivity contribution in [1.29, 1.82) is 0 Å². The number of carbonyl (C=O) groups is 2. The second-order valence-corrected chi connectivity index (χ2v) is 7.16. The summed E-state index contributed by atoms with van der Waals surface area (Å²) in [5, 5.41) is 11.2. The largest absolute Gasteiger partial charge is 0.479 e. The summed E-state index contributed by atoms with van der Waals surface area (Å²) in [6.07, 6.45) is 1.25. The van der Waals surface area contributed by atoms with Crippen molar-refractivity contribution in [3.63, 3.8) is 0 Å². The number of carbonyl (C=O) groups excluding carboxylic acids is 1. The Labute approximate surface area is 145 Å². The number of hydrogen-bond donors (Lipinski definition) is 2. The van der Waals surface area contributed by atoms with Gasteiger partial charge in [0.15, 0.2) is 6.10 Å². The third-order valence-corrected chi connectivity index (χ3v) is 5.18. The number of aryl methyl sites for hydroxylation is 1. The van der Waals surface area contributed by atoms with E-state index in [-0.39, 0.29) is 17.0 Å². The Kier molecular flexibility index (Phi) is 5.60. The van der Waals surface area contributed by atoms with Crippen LogP contribution in [-0.4, -0.2) is 49.1 Å². The SMILES string of the molecule is COC(CNC(=O)c1ccn(S(=O)(=O)c2ccc(C)cc2)c1)C(=O)O. The van der Waals surface area contributed by atoms with Gasteiger partial charge in [0, 0.05) is 19.5 Å². The van der Waals surface area contributed by atoms with Crippen molar-refractivity contribution >= 4 is 21.9 Å². The molecule has 0 aliphatic heterocycles. The fourth-order valence-corrected chi connectivity index (χ4v) is 3.25. The summed E-state index contributed by atoms with van der Waals surface area (Å²) in [5.74, 6) is -1.80. The number of carboxylic acids is 1. The number of nitrogens with zero attached hydrogens (tertiary/aromatic N) is 1. The van der Waals surface area contributed by atoms with E-state index in [4.69, 9.17) is 9.84 Å². The van der Waals surface area contributed by atoms with Gasteiger partial charge >= 0.3 is 5.97 Å². The van der Waals surface area contributed by atoms with Crippen LogP contribution in [0.15, 0.2) is 47.6 Å². The van der Waals surface area contributed by atoms with Gasteiger partial charge in [-0.1, -0.05) is 17.7 Å². The number of nitrogens with one attached hydrogen (secondary N) is 1. The van der Waals surface area contributed by atoms with Crippen LogP contribution in [0.3, 0.4) is 0 Å². The standard InChI is InChI=1S/C16H18N2O6S/c1-11-3-5-13(6-4-11)25(22,23)18-8-7-12(10-18)15(19)17-9-14(24-2)16(20)21/h3-8,10,14H,9H2,1-2H3,(H,17,19)(H,20,21). The molecular formula is C16H18N2O6S. The summed E-state index contributed by atoms with van der Waals surface area (Å²) in [6, 6.07) is 7.67. The van der Waals surface area contributed by atoms with Crippen LogP contribution in [0.25, 0.3) is 0 Å². The van der Waals surface area contributed by atoms with Crippen molar-refractivity contribution in [3.05, 3.63) is 53.9 Å². The first-order valence-corrected chi connectivity index (χ1v) is 8.73. The first-order valence-electron chi connectivity index (χ1n) is 7.29. The van der Waals surface area contributed by atoms with Crippen molar-refractivity contribution < 1.29 is 27.9 Å². The summed E-state index contributed by atoms with van der Waals surface area (Å²) in [4.78, 5) is 23.0. The molecule has 2 N–H and O–H groups in total. The molecule has 0 saturated heterocycles. The van der Waals surface area contributed by atoms with E-state index in [1.54, 1.807) is 12.1 Å². The van der Waals surface area contributed by atoms with E-state index in [1.165, 1.54) is 37.7 Å². The molecule has 0 aliphatic rings. The zero-order valence-corrected chi connectivity index (χ0v) is 14.5. The molecule has 1 amide bonds. The summed E-state index contributed by atoms with van der Waals surface area (Å²) in [7, 11) is -2.58. The lowest BCUT2D eigenvalue weighted by molar-refractivity contribution is -0.148. The maximum Gasteiger partial charge on any atom is 0.334 e. The van der Waals surface area contributed by atoms with Crippen molar-refractivity contribution in [2.45, 2.75) is 17.9 Å². The van der Waals surface area contributed by atoms with Crippen LogP contribution in [0.1, 0.15) is 15.9 Å². The molecule has 0 spiro atoms. The highest BCUT2D eigenvalue weighted by molar-refractivity contribution is 7.90. The van der Waals surface area contributed by atoms with Crippen molar-refractivity contribution in [2.75, 3.05) is 13.7 Å². The van der Waals surface area contributed by atoms with Gasteiger partial charge in [0.1, 0.15) is 0 Å². The van der Waals surface area contributed by atoms with Gasteiger partial charge in [-0.2, -0.15) is 0 Å². The molecule has 25 heavy (non-hydrogen) atoms. The molecule has 1 aromatic carbocycles. The first-order chi connectivity index (χ1) is 11.8. The van der Waals surface area contributed by atoms with Gasteiger partial charge < -0.3 is 15.2 Å². The highest BCUT2D eigenvalue weighted by atomic mass is 32.2. The number of aliphatic carboxylic acids is 1. The maximum atomic E-state index is 12.5. The van der Waals surface area contributed by atoms with Gasteiger partial charge in [0.25, 0.3) is 15.9 Å². The van der Waals surface area contributed by atoms with Gasteiger partial charge in [-0.15, -0.1) is 0 Å². The van der Waals surface area contributed by atoms with Crippen molar-refractivity contribution in [1.82, 2.24) is 9.29 Å². The van der Waals surface area contributed by atoms with Crippen molar-refractivity contribution in [2.24, 2.45) is 0 Å². The van der Waals surface area contributed by atoms with Crippen LogP contribution in [-0.2, 0) is 19.6 Å². The fraction of sp³-hybridized carbons (Fsp3) is 0.250. The van der Waals surface area contributed by atoms with E-state index < -0.39 is 28.0 Å². The Hall–Kier alpha value is -2.65. The van der Waals surface area contributed by atoms with Crippen LogP contribution < -0.4 is 5.32 Å². The molecule has 8 nitrogen and oxygen atoms in total. The van der Waals surface area contributed by atoms with E-state index in [0.29, 0.717) is 0 Å². The number of carboxylic acid groups (broad SMARTS) is 1. The zero-order valence-electron chi connectivity index (χ0n) is 13.7. The smallest absolute Gasteiger partial charge is 0.334 e. The summed E-state index contributed by atoms with van der Waals surface area (Å²) >= 11 is 0. The average molecular weight is 366 g/mol. The van der Waals surface area contributed by atoms with Crippen LogP contribution in [0.4, 0.5) is 0 Å². The van der Waals surface area contributed by atoms with Gasteiger partial charge in [-0.3, -0.25) is 4.79 Å². The molecule has 0 fully saturated rings. The molecule has 1 unspecified atom stereocenters. The number of rotatable bonds is 7. The van der Waals surface area contributed by atoms with E-state index in [2.05, 4.69) is 5.32 Å². The van der Waals surface area contributed by atoms with E-state index in [1.807, 2.05) is 6.92 Å². The minimum Gasteiger partial charge on any atom is -0.479 e. The average Bonchev–Trinajstić information content (AvgIpc) is 3.06. The number of benzene rings is 1. The minimum absolute atomic E-state index is 0.0935. The lowest BCUT2D eigenvalue weighted by atomic mass is 10.2. The Morgan fingerprint density at radius 2 is 1.88 bits per heavy atom. The molecule has 1 atom stereocenters. The fourth-order valence-electron chi connectivity index (χ4n) is 2.05. The molecular weight excluding hydrogens is 348 g/mol. The summed E-state index contributed by atoms with van der Waals surface area (Å²) in [5.41, 5.74) is 1.02. The monoisotopic (exact) mass is 366 g/mol. The summed E-state index contributed by atoms with van der Waals surface area (Å²) < 4.78 is 30.7. The normalized spacial score (nSPS) is 12.6. The van der Waals surface area contributed by atoms with Crippen LogP contribution >= 0.6 is 0 Å². The quantitative estimate of drug-likeness (QED) is 0.751. The lowest BCUT2D eigenvalue weighted by Gasteiger charge is -2.10. The second kappa shape index (κ2) is 7.49.